The third-order valence-electron chi connectivity index (χ3n) is 4.47. The molecule has 5 nitrogen and oxygen atoms in total. The van der Waals surface area contributed by atoms with Gasteiger partial charge in [0.1, 0.15) is 5.82 Å². The number of pyridine rings is 1. The number of hydrogen-bond acceptors (Lipinski definition) is 4. The Morgan fingerprint density at radius 2 is 2.00 bits per heavy atom. The highest BCUT2D eigenvalue weighted by atomic mass is 16.5. The van der Waals surface area contributed by atoms with Gasteiger partial charge < -0.3 is 15.0 Å². The number of anilines is 1. The fourth-order valence-electron chi connectivity index (χ4n) is 2.90. The van der Waals surface area contributed by atoms with E-state index in [0.717, 1.165) is 41.2 Å². The van der Waals surface area contributed by atoms with Gasteiger partial charge in [-0.2, -0.15) is 0 Å². The van der Waals surface area contributed by atoms with E-state index < -0.39 is 0 Å². The van der Waals surface area contributed by atoms with Crippen molar-refractivity contribution >= 4 is 11.7 Å². The van der Waals surface area contributed by atoms with Crippen LogP contribution in [0, 0.1) is 13.8 Å². The molecular weight excluding hydrogens is 302 g/mol. The SMILES string of the molecule is Cc1cccc(C(=O)NCc2cccnc2N2CCOCC2)c1C. The number of ether oxygens (including phenoxy) is 1. The highest BCUT2D eigenvalue weighted by molar-refractivity contribution is 5.95. The Kier molecular flexibility index (Phi) is 5.11. The Hall–Kier alpha value is -2.40. The molecule has 126 valence electrons. The van der Waals surface area contributed by atoms with Gasteiger partial charge >= 0.3 is 0 Å². The number of hydrogen-bond donors (Lipinski definition) is 1. The number of benzene rings is 1. The van der Waals surface area contributed by atoms with Gasteiger partial charge in [0, 0.05) is 37.0 Å². The van der Waals surface area contributed by atoms with Gasteiger partial charge in [-0.05, 0) is 37.1 Å². The van der Waals surface area contributed by atoms with Crippen molar-refractivity contribution in [3.63, 3.8) is 0 Å². The quantitative estimate of drug-likeness (QED) is 0.938. The number of rotatable bonds is 4. The van der Waals surface area contributed by atoms with Gasteiger partial charge in [0.15, 0.2) is 0 Å². The first-order valence-electron chi connectivity index (χ1n) is 8.28. The van der Waals surface area contributed by atoms with Gasteiger partial charge in [0.25, 0.3) is 5.91 Å². The molecule has 24 heavy (non-hydrogen) atoms. The summed E-state index contributed by atoms with van der Waals surface area (Å²) < 4.78 is 5.40. The molecule has 0 radical (unpaired) electrons. The minimum atomic E-state index is -0.0482. The summed E-state index contributed by atoms with van der Waals surface area (Å²) in [5, 5.41) is 3.03. The number of morpholine rings is 1. The molecule has 1 saturated heterocycles. The lowest BCUT2D eigenvalue weighted by atomic mass is 10.0. The molecule has 0 aliphatic carbocycles. The summed E-state index contributed by atoms with van der Waals surface area (Å²) in [6.45, 7) is 7.55. The molecule has 1 aromatic heterocycles. The van der Waals surface area contributed by atoms with Crippen LogP contribution in [0.2, 0.25) is 0 Å². The number of carbonyl (C=O) groups is 1. The molecule has 0 bridgehead atoms. The molecule has 1 amide bonds. The van der Waals surface area contributed by atoms with E-state index in [0.29, 0.717) is 19.8 Å². The van der Waals surface area contributed by atoms with Crippen LogP contribution >= 0.6 is 0 Å². The largest absolute Gasteiger partial charge is 0.378 e. The van der Waals surface area contributed by atoms with E-state index in [9.17, 15) is 4.79 Å². The van der Waals surface area contributed by atoms with Crippen LogP contribution < -0.4 is 10.2 Å². The van der Waals surface area contributed by atoms with Gasteiger partial charge in [-0.25, -0.2) is 4.98 Å². The van der Waals surface area contributed by atoms with Crippen LogP contribution in [0.15, 0.2) is 36.5 Å². The molecular formula is C19H23N3O2. The number of amides is 1. The van der Waals surface area contributed by atoms with Crippen molar-refractivity contribution in [2.24, 2.45) is 0 Å². The van der Waals surface area contributed by atoms with Crippen LogP contribution in [0.5, 0.6) is 0 Å². The average molecular weight is 325 g/mol. The average Bonchev–Trinajstić information content (AvgIpc) is 2.63. The first-order valence-corrected chi connectivity index (χ1v) is 8.28. The fourth-order valence-corrected chi connectivity index (χ4v) is 2.90. The van der Waals surface area contributed by atoms with Gasteiger partial charge in [-0.15, -0.1) is 0 Å². The number of aryl methyl sites for hydroxylation is 1. The molecule has 1 aliphatic heterocycles. The predicted octanol–water partition coefficient (Wildman–Crippen LogP) is 2.47. The molecule has 1 N–H and O–H groups in total. The summed E-state index contributed by atoms with van der Waals surface area (Å²) in [4.78, 5) is 19.2. The van der Waals surface area contributed by atoms with E-state index >= 15 is 0 Å². The van der Waals surface area contributed by atoms with Crippen LogP contribution in [0.1, 0.15) is 27.0 Å². The normalized spacial score (nSPS) is 14.5. The minimum Gasteiger partial charge on any atom is -0.378 e. The monoisotopic (exact) mass is 325 g/mol. The lowest BCUT2D eigenvalue weighted by molar-refractivity contribution is 0.0950. The third-order valence-corrected chi connectivity index (χ3v) is 4.47. The van der Waals surface area contributed by atoms with E-state index in [1.54, 1.807) is 6.20 Å². The second kappa shape index (κ2) is 7.45. The Morgan fingerprint density at radius 3 is 2.79 bits per heavy atom. The topological polar surface area (TPSA) is 54.5 Å². The van der Waals surface area contributed by atoms with Crippen LogP contribution in [0.4, 0.5) is 5.82 Å². The molecule has 0 spiro atoms. The second-order valence-electron chi connectivity index (χ2n) is 6.02. The molecule has 1 fully saturated rings. The molecule has 1 aliphatic rings. The van der Waals surface area contributed by atoms with Crippen molar-refractivity contribution in [1.82, 2.24) is 10.3 Å². The van der Waals surface area contributed by atoms with Gasteiger partial charge in [-0.1, -0.05) is 18.2 Å². The zero-order chi connectivity index (χ0) is 16.9. The maximum absolute atomic E-state index is 12.5. The van der Waals surface area contributed by atoms with Crippen molar-refractivity contribution in [1.29, 1.82) is 0 Å². The Balaban J connectivity index is 1.72. The standard InChI is InChI=1S/C19H23N3O2/c1-14-5-3-7-17(15(14)2)19(23)21-13-16-6-4-8-20-18(16)22-9-11-24-12-10-22/h3-8H,9-13H2,1-2H3,(H,21,23). The van der Waals surface area contributed by atoms with Crippen molar-refractivity contribution in [2.75, 3.05) is 31.2 Å². The van der Waals surface area contributed by atoms with E-state index in [1.165, 1.54) is 0 Å². The first-order chi connectivity index (χ1) is 11.7. The zero-order valence-corrected chi connectivity index (χ0v) is 14.2. The maximum atomic E-state index is 12.5. The summed E-state index contributed by atoms with van der Waals surface area (Å²) in [6, 6.07) is 9.72. The summed E-state index contributed by atoms with van der Waals surface area (Å²) in [7, 11) is 0. The Bertz CT molecular complexity index is 724. The van der Waals surface area contributed by atoms with E-state index in [-0.39, 0.29) is 5.91 Å². The van der Waals surface area contributed by atoms with E-state index in [4.69, 9.17) is 4.74 Å². The number of carbonyl (C=O) groups excluding carboxylic acids is 1. The summed E-state index contributed by atoms with van der Waals surface area (Å²) in [6.07, 6.45) is 1.79. The number of aromatic nitrogens is 1. The zero-order valence-electron chi connectivity index (χ0n) is 14.2. The Morgan fingerprint density at radius 1 is 1.21 bits per heavy atom. The number of nitrogens with one attached hydrogen (secondary N) is 1. The molecule has 3 rings (SSSR count). The molecule has 2 heterocycles. The molecule has 0 saturated carbocycles. The smallest absolute Gasteiger partial charge is 0.251 e. The summed E-state index contributed by atoms with van der Waals surface area (Å²) >= 11 is 0. The fraction of sp³-hybridized carbons (Fsp3) is 0.368. The summed E-state index contributed by atoms with van der Waals surface area (Å²) in [5.74, 6) is 0.884. The first kappa shape index (κ1) is 16.5. The molecule has 5 heteroatoms. The van der Waals surface area contributed by atoms with E-state index in [1.807, 2.05) is 44.2 Å². The second-order valence-corrected chi connectivity index (χ2v) is 6.02. The highest BCUT2D eigenvalue weighted by Crippen LogP contribution is 2.19. The molecule has 1 aromatic carbocycles. The highest BCUT2D eigenvalue weighted by Gasteiger charge is 2.17. The van der Waals surface area contributed by atoms with Crippen LogP contribution in [-0.4, -0.2) is 37.2 Å². The van der Waals surface area contributed by atoms with Crippen molar-refractivity contribution in [3.05, 3.63) is 58.8 Å². The minimum absolute atomic E-state index is 0.0482. The van der Waals surface area contributed by atoms with Gasteiger partial charge in [-0.3, -0.25) is 4.79 Å². The van der Waals surface area contributed by atoms with Gasteiger partial charge in [0.2, 0.25) is 0 Å². The van der Waals surface area contributed by atoms with Crippen LogP contribution in [0.3, 0.4) is 0 Å². The maximum Gasteiger partial charge on any atom is 0.251 e. The molecule has 0 atom stereocenters. The van der Waals surface area contributed by atoms with Crippen molar-refractivity contribution in [2.45, 2.75) is 20.4 Å². The van der Waals surface area contributed by atoms with Crippen molar-refractivity contribution < 1.29 is 9.53 Å². The van der Waals surface area contributed by atoms with Gasteiger partial charge in [0.05, 0.1) is 13.2 Å². The van der Waals surface area contributed by atoms with Crippen LogP contribution in [0.25, 0.3) is 0 Å². The third kappa shape index (κ3) is 3.57. The molecule has 0 unspecified atom stereocenters. The molecule has 2 aromatic rings. The van der Waals surface area contributed by atoms with Crippen molar-refractivity contribution in [3.8, 4) is 0 Å². The number of nitrogens with zero attached hydrogens (tertiary/aromatic N) is 2. The van der Waals surface area contributed by atoms with Crippen LogP contribution in [-0.2, 0) is 11.3 Å². The Labute approximate surface area is 142 Å². The van der Waals surface area contributed by atoms with E-state index in [2.05, 4.69) is 15.2 Å². The lowest BCUT2D eigenvalue weighted by Crippen LogP contribution is -2.37. The lowest BCUT2D eigenvalue weighted by Gasteiger charge is -2.29. The predicted molar refractivity (Wildman–Crippen MR) is 94.4 cm³/mol. The summed E-state index contributed by atoms with van der Waals surface area (Å²) in [5.41, 5.74) is 3.90.